The molecule has 3 heterocycles. The van der Waals surface area contributed by atoms with Gasteiger partial charge in [0.1, 0.15) is 11.6 Å². The molecule has 39 heavy (non-hydrogen) atoms. The number of carbonyl (C=O) groups is 1. The number of aromatic nitrogens is 2. The van der Waals surface area contributed by atoms with Crippen molar-refractivity contribution in [2.24, 2.45) is 5.92 Å². The topological polar surface area (TPSA) is 44.6 Å². The second-order valence-corrected chi connectivity index (χ2v) is 11.6. The standard InChI is InChI=1S/C30H30BrClFN5O/c31-22-7-9-23(10-8-22)38-28-6-2-1-5-27(28)34-29(38)20-35-13-3-4-21(19-35)30(39)37-16-14-36(15-17-37)24-11-12-26(33)25(32)18-24/h1-2,5-12,18,21H,3-4,13-17,19-20H2/t21-/m0/s1. The van der Waals surface area contributed by atoms with E-state index >= 15 is 0 Å². The molecule has 1 amide bonds. The number of piperidine rings is 1. The van der Waals surface area contributed by atoms with Gasteiger partial charge < -0.3 is 9.80 Å². The van der Waals surface area contributed by atoms with Crippen LogP contribution in [0, 0.1) is 11.7 Å². The highest BCUT2D eigenvalue weighted by atomic mass is 79.9. The third-order valence-electron chi connectivity index (χ3n) is 7.79. The molecule has 6 rings (SSSR count). The molecule has 2 aliphatic rings. The van der Waals surface area contributed by atoms with Crippen LogP contribution in [0.15, 0.2) is 71.2 Å². The molecule has 3 aromatic carbocycles. The van der Waals surface area contributed by atoms with Crippen molar-refractivity contribution < 1.29 is 9.18 Å². The van der Waals surface area contributed by atoms with Crippen LogP contribution in [0.4, 0.5) is 10.1 Å². The lowest BCUT2D eigenvalue weighted by molar-refractivity contribution is -0.137. The summed E-state index contributed by atoms with van der Waals surface area (Å²) in [5.74, 6) is 0.788. The Bertz CT molecular complexity index is 1480. The van der Waals surface area contributed by atoms with Gasteiger partial charge in [0, 0.05) is 48.6 Å². The second kappa shape index (κ2) is 11.3. The van der Waals surface area contributed by atoms with E-state index in [-0.39, 0.29) is 16.8 Å². The van der Waals surface area contributed by atoms with E-state index in [1.165, 1.54) is 6.07 Å². The molecule has 0 aliphatic carbocycles. The van der Waals surface area contributed by atoms with Crippen molar-refractivity contribution in [2.75, 3.05) is 44.2 Å². The molecule has 1 aromatic heterocycles. The third-order valence-corrected chi connectivity index (χ3v) is 8.61. The number of imidazole rings is 1. The summed E-state index contributed by atoms with van der Waals surface area (Å²) in [6.07, 6.45) is 1.90. The second-order valence-electron chi connectivity index (χ2n) is 10.3. The summed E-state index contributed by atoms with van der Waals surface area (Å²) in [6.45, 7) is 5.10. The predicted molar refractivity (Wildman–Crippen MR) is 157 cm³/mol. The highest BCUT2D eigenvalue weighted by Crippen LogP contribution is 2.28. The minimum atomic E-state index is -0.413. The van der Waals surface area contributed by atoms with Crippen molar-refractivity contribution in [1.29, 1.82) is 0 Å². The average Bonchev–Trinajstić information content (AvgIpc) is 3.32. The van der Waals surface area contributed by atoms with Crippen LogP contribution in [0.2, 0.25) is 5.02 Å². The molecule has 2 aliphatic heterocycles. The number of amides is 1. The number of halogens is 3. The van der Waals surface area contributed by atoms with Gasteiger partial charge in [0.05, 0.1) is 28.5 Å². The van der Waals surface area contributed by atoms with Gasteiger partial charge in [0.25, 0.3) is 0 Å². The maximum Gasteiger partial charge on any atom is 0.227 e. The van der Waals surface area contributed by atoms with E-state index in [9.17, 15) is 9.18 Å². The van der Waals surface area contributed by atoms with E-state index in [4.69, 9.17) is 16.6 Å². The van der Waals surface area contributed by atoms with Crippen LogP contribution >= 0.6 is 27.5 Å². The molecule has 0 bridgehead atoms. The number of fused-ring (bicyclic) bond motifs is 1. The van der Waals surface area contributed by atoms with Crippen LogP contribution in [0.3, 0.4) is 0 Å². The van der Waals surface area contributed by atoms with E-state index in [1.54, 1.807) is 12.1 Å². The monoisotopic (exact) mass is 609 g/mol. The fourth-order valence-corrected chi connectivity index (χ4v) is 6.23. The molecular weight excluding hydrogens is 581 g/mol. The number of nitrogens with zero attached hydrogens (tertiary/aromatic N) is 5. The van der Waals surface area contributed by atoms with Gasteiger partial charge in [-0.1, -0.05) is 39.7 Å². The first-order chi connectivity index (χ1) is 19.0. The van der Waals surface area contributed by atoms with Crippen LogP contribution in [-0.2, 0) is 11.3 Å². The number of piperazine rings is 1. The summed E-state index contributed by atoms with van der Waals surface area (Å²) in [5.41, 5.74) is 4.03. The Kier molecular flexibility index (Phi) is 7.60. The molecule has 0 saturated carbocycles. The third kappa shape index (κ3) is 5.55. The minimum absolute atomic E-state index is 0.0175. The molecule has 9 heteroatoms. The molecule has 1 atom stereocenters. The SMILES string of the molecule is O=C([C@H]1CCCN(Cc2nc3ccccc3n2-c2ccc(Br)cc2)C1)N1CCN(c2ccc(F)c(Cl)c2)CC1. The van der Waals surface area contributed by atoms with Gasteiger partial charge in [-0.15, -0.1) is 0 Å². The van der Waals surface area contributed by atoms with Gasteiger partial charge >= 0.3 is 0 Å². The van der Waals surface area contributed by atoms with E-state index in [0.717, 1.165) is 58.6 Å². The Labute approximate surface area is 241 Å². The molecule has 4 aromatic rings. The molecule has 6 nitrogen and oxygen atoms in total. The van der Waals surface area contributed by atoms with Gasteiger partial charge in [-0.05, 0) is 74.0 Å². The zero-order valence-corrected chi connectivity index (χ0v) is 23.9. The largest absolute Gasteiger partial charge is 0.368 e. The molecule has 0 spiro atoms. The molecule has 2 fully saturated rings. The summed E-state index contributed by atoms with van der Waals surface area (Å²) in [5, 5.41) is 0.127. The van der Waals surface area contributed by atoms with Gasteiger partial charge in [-0.2, -0.15) is 0 Å². The molecule has 202 valence electrons. The Morgan fingerprint density at radius 2 is 1.72 bits per heavy atom. The summed E-state index contributed by atoms with van der Waals surface area (Å²) in [7, 11) is 0. The van der Waals surface area contributed by atoms with Crippen LogP contribution < -0.4 is 4.90 Å². The number of carbonyl (C=O) groups excluding carboxylic acids is 1. The highest BCUT2D eigenvalue weighted by Gasteiger charge is 2.32. The summed E-state index contributed by atoms with van der Waals surface area (Å²) in [6, 6.07) is 21.3. The number of hydrogen-bond acceptors (Lipinski definition) is 4. The van der Waals surface area contributed by atoms with Crippen LogP contribution in [0.25, 0.3) is 16.7 Å². The molecule has 0 radical (unpaired) electrons. The average molecular weight is 611 g/mol. The number of rotatable bonds is 5. The first-order valence-corrected chi connectivity index (χ1v) is 14.6. The Balaban J connectivity index is 1.13. The fraction of sp³-hybridized carbons (Fsp3) is 0.333. The van der Waals surface area contributed by atoms with E-state index in [2.05, 4.69) is 54.6 Å². The van der Waals surface area contributed by atoms with Gasteiger partial charge in [0.15, 0.2) is 0 Å². The number of anilines is 1. The molecule has 2 saturated heterocycles. The lowest BCUT2D eigenvalue weighted by Gasteiger charge is -2.39. The maximum atomic E-state index is 13.6. The van der Waals surface area contributed by atoms with Crippen LogP contribution in [0.5, 0.6) is 0 Å². The number of para-hydroxylation sites is 2. The minimum Gasteiger partial charge on any atom is -0.368 e. The van der Waals surface area contributed by atoms with Crippen molar-refractivity contribution in [3.05, 3.63) is 87.9 Å². The van der Waals surface area contributed by atoms with Crippen molar-refractivity contribution in [2.45, 2.75) is 19.4 Å². The van der Waals surface area contributed by atoms with Crippen molar-refractivity contribution in [3.63, 3.8) is 0 Å². The highest BCUT2D eigenvalue weighted by molar-refractivity contribution is 9.10. The zero-order chi connectivity index (χ0) is 26.9. The predicted octanol–water partition coefficient (Wildman–Crippen LogP) is 6.14. The Morgan fingerprint density at radius 1 is 0.974 bits per heavy atom. The van der Waals surface area contributed by atoms with Crippen molar-refractivity contribution >= 4 is 50.2 Å². The van der Waals surface area contributed by atoms with Crippen molar-refractivity contribution in [3.8, 4) is 5.69 Å². The number of benzene rings is 3. The Morgan fingerprint density at radius 3 is 2.49 bits per heavy atom. The van der Waals surface area contributed by atoms with E-state index in [1.807, 2.05) is 29.2 Å². The first kappa shape index (κ1) is 26.3. The molecule has 0 unspecified atom stereocenters. The fourth-order valence-electron chi connectivity index (χ4n) is 5.79. The lowest BCUT2D eigenvalue weighted by Crippen LogP contribution is -2.52. The zero-order valence-electron chi connectivity index (χ0n) is 21.6. The Hall–Kier alpha value is -2.94. The maximum absolute atomic E-state index is 13.6. The van der Waals surface area contributed by atoms with E-state index in [0.29, 0.717) is 32.7 Å². The summed E-state index contributed by atoms with van der Waals surface area (Å²) < 4.78 is 16.8. The first-order valence-electron chi connectivity index (χ1n) is 13.4. The van der Waals surface area contributed by atoms with Crippen LogP contribution in [-0.4, -0.2) is 64.5 Å². The molecular formula is C30H30BrClFN5O. The van der Waals surface area contributed by atoms with Gasteiger partial charge in [-0.3, -0.25) is 14.3 Å². The molecule has 0 N–H and O–H groups in total. The van der Waals surface area contributed by atoms with E-state index < -0.39 is 5.82 Å². The quantitative estimate of drug-likeness (QED) is 0.272. The summed E-state index contributed by atoms with van der Waals surface area (Å²) in [4.78, 5) is 25.1. The lowest BCUT2D eigenvalue weighted by atomic mass is 9.96. The number of hydrogen-bond donors (Lipinski definition) is 0. The van der Waals surface area contributed by atoms with Crippen molar-refractivity contribution in [1.82, 2.24) is 19.4 Å². The van der Waals surface area contributed by atoms with Gasteiger partial charge in [0.2, 0.25) is 5.91 Å². The summed E-state index contributed by atoms with van der Waals surface area (Å²) >= 11 is 9.52. The smallest absolute Gasteiger partial charge is 0.227 e. The normalized spacial score (nSPS) is 18.6. The van der Waals surface area contributed by atoms with Gasteiger partial charge in [-0.25, -0.2) is 9.37 Å². The number of likely N-dealkylation sites (tertiary alicyclic amines) is 1. The van der Waals surface area contributed by atoms with Crippen LogP contribution in [0.1, 0.15) is 18.7 Å².